The van der Waals surface area contributed by atoms with E-state index < -0.39 is 0 Å². The number of rotatable bonds is 7. The largest absolute Gasteiger partial charge is 0.454 e. The maximum absolute atomic E-state index is 13.3. The van der Waals surface area contributed by atoms with Gasteiger partial charge in [0, 0.05) is 25.4 Å². The van der Waals surface area contributed by atoms with Crippen molar-refractivity contribution in [1.82, 2.24) is 4.90 Å². The molecule has 4 heteroatoms. The summed E-state index contributed by atoms with van der Waals surface area (Å²) < 4.78 is 11.0. The van der Waals surface area contributed by atoms with Crippen LogP contribution in [0.2, 0.25) is 0 Å². The molecule has 2 aromatic carbocycles. The molecule has 0 aromatic heterocycles. The molecule has 5 rings (SSSR count). The average molecular weight is 377 g/mol. The maximum Gasteiger partial charge on any atom is 0.231 e. The Balaban J connectivity index is 1.41. The van der Waals surface area contributed by atoms with Gasteiger partial charge in [0.15, 0.2) is 11.5 Å². The first-order valence-electron chi connectivity index (χ1n) is 10.4. The lowest BCUT2D eigenvalue weighted by Crippen LogP contribution is -2.40. The van der Waals surface area contributed by atoms with Crippen LogP contribution in [0.3, 0.4) is 0 Å². The Kier molecular flexibility index (Phi) is 4.50. The molecule has 2 aromatic rings. The summed E-state index contributed by atoms with van der Waals surface area (Å²) in [6.45, 7) is 0.265. The van der Waals surface area contributed by atoms with Gasteiger partial charge in [-0.15, -0.1) is 0 Å². The number of carbonyl (C=O) groups excluding carboxylic acids is 1. The molecule has 2 aliphatic carbocycles. The Morgan fingerprint density at radius 3 is 2.32 bits per heavy atom. The quantitative estimate of drug-likeness (QED) is 0.709. The van der Waals surface area contributed by atoms with Crippen molar-refractivity contribution in [3.05, 3.63) is 59.7 Å². The zero-order valence-corrected chi connectivity index (χ0v) is 16.3. The second-order valence-corrected chi connectivity index (χ2v) is 8.45. The van der Waals surface area contributed by atoms with E-state index in [1.54, 1.807) is 0 Å². The summed E-state index contributed by atoms with van der Waals surface area (Å²) in [6.07, 6.45) is 5.61. The second kappa shape index (κ2) is 7.16. The highest BCUT2D eigenvalue weighted by Gasteiger charge is 2.45. The molecule has 2 saturated carbocycles. The van der Waals surface area contributed by atoms with Crippen LogP contribution < -0.4 is 9.47 Å². The highest BCUT2D eigenvalue weighted by molar-refractivity contribution is 5.78. The van der Waals surface area contributed by atoms with Gasteiger partial charge < -0.3 is 14.4 Å². The van der Waals surface area contributed by atoms with Crippen LogP contribution in [0.15, 0.2) is 48.5 Å². The van der Waals surface area contributed by atoms with Crippen molar-refractivity contribution in [2.24, 2.45) is 11.8 Å². The highest BCUT2D eigenvalue weighted by Crippen LogP contribution is 2.47. The van der Waals surface area contributed by atoms with Crippen LogP contribution in [0.1, 0.15) is 49.1 Å². The van der Waals surface area contributed by atoms with Crippen molar-refractivity contribution >= 4 is 5.91 Å². The average Bonchev–Trinajstić information content (AvgIpc) is 3.66. The Hall–Kier alpha value is -2.49. The van der Waals surface area contributed by atoms with Crippen LogP contribution in [0.25, 0.3) is 0 Å². The van der Waals surface area contributed by atoms with Crippen molar-refractivity contribution < 1.29 is 14.3 Å². The van der Waals surface area contributed by atoms with E-state index in [1.165, 1.54) is 25.7 Å². The number of benzene rings is 2. The van der Waals surface area contributed by atoms with E-state index in [1.807, 2.05) is 37.4 Å². The Labute approximate surface area is 166 Å². The summed E-state index contributed by atoms with van der Waals surface area (Å²) in [5.41, 5.74) is 2.27. The summed E-state index contributed by atoms with van der Waals surface area (Å²) >= 11 is 0. The van der Waals surface area contributed by atoms with Crippen LogP contribution in [-0.4, -0.2) is 30.7 Å². The molecule has 2 fully saturated rings. The van der Waals surface area contributed by atoms with Gasteiger partial charge in [0.25, 0.3) is 0 Å². The van der Waals surface area contributed by atoms with E-state index in [4.69, 9.17) is 9.47 Å². The number of fused-ring (bicyclic) bond motifs is 1. The zero-order valence-electron chi connectivity index (χ0n) is 16.3. The van der Waals surface area contributed by atoms with Gasteiger partial charge in [-0.25, -0.2) is 0 Å². The first-order chi connectivity index (χ1) is 13.7. The smallest absolute Gasteiger partial charge is 0.231 e. The number of hydrogen-bond acceptors (Lipinski definition) is 3. The summed E-state index contributed by atoms with van der Waals surface area (Å²) in [5.74, 6) is 3.26. The predicted molar refractivity (Wildman–Crippen MR) is 107 cm³/mol. The highest BCUT2D eigenvalue weighted by atomic mass is 16.7. The van der Waals surface area contributed by atoms with E-state index in [-0.39, 0.29) is 18.6 Å². The fourth-order valence-corrected chi connectivity index (χ4v) is 4.62. The van der Waals surface area contributed by atoms with Crippen molar-refractivity contribution in [2.75, 3.05) is 13.8 Å². The Morgan fingerprint density at radius 1 is 0.964 bits per heavy atom. The molecule has 1 amide bonds. The second-order valence-electron chi connectivity index (χ2n) is 8.45. The van der Waals surface area contributed by atoms with Crippen LogP contribution >= 0.6 is 0 Å². The summed E-state index contributed by atoms with van der Waals surface area (Å²) in [7, 11) is 2.02. The van der Waals surface area contributed by atoms with Gasteiger partial charge in [-0.05, 0) is 60.8 Å². The summed E-state index contributed by atoms with van der Waals surface area (Å²) in [5, 5.41) is 0. The SMILES string of the molecule is CN(C(=O)C[C@@H](c1ccccc1)c1ccc2c(c1)OCO2)C(C1CC1)C1CC1. The molecule has 0 saturated heterocycles. The van der Waals surface area contributed by atoms with Gasteiger partial charge in [0.1, 0.15) is 0 Å². The van der Waals surface area contributed by atoms with E-state index in [9.17, 15) is 4.79 Å². The minimum atomic E-state index is 0.0182. The Bertz CT molecular complexity index is 845. The van der Waals surface area contributed by atoms with Crippen molar-refractivity contribution in [3.8, 4) is 11.5 Å². The van der Waals surface area contributed by atoms with Crippen molar-refractivity contribution in [3.63, 3.8) is 0 Å². The molecule has 1 heterocycles. The monoisotopic (exact) mass is 377 g/mol. The lowest BCUT2D eigenvalue weighted by Gasteiger charge is -2.30. The molecule has 0 radical (unpaired) electrons. The number of carbonyl (C=O) groups is 1. The number of amides is 1. The molecular formula is C24H27NO3. The minimum Gasteiger partial charge on any atom is -0.454 e. The molecular weight excluding hydrogens is 350 g/mol. The van der Waals surface area contributed by atoms with Gasteiger partial charge in [-0.2, -0.15) is 0 Å². The van der Waals surface area contributed by atoms with Crippen LogP contribution in [0.4, 0.5) is 0 Å². The fraction of sp³-hybridized carbons (Fsp3) is 0.458. The Morgan fingerprint density at radius 2 is 1.64 bits per heavy atom. The summed E-state index contributed by atoms with van der Waals surface area (Å²) in [4.78, 5) is 15.4. The maximum atomic E-state index is 13.3. The molecule has 1 aliphatic heterocycles. The predicted octanol–water partition coefficient (Wildman–Crippen LogP) is 4.58. The first kappa shape index (κ1) is 17.6. The standard InChI is InChI=1S/C24H27NO3/c1-25(24(17-7-8-17)18-9-10-18)23(26)14-20(16-5-3-2-4-6-16)19-11-12-21-22(13-19)28-15-27-21/h2-6,11-13,17-18,20,24H,7-10,14-15H2,1H3/t20-/m0/s1. The van der Waals surface area contributed by atoms with Gasteiger partial charge in [0.2, 0.25) is 12.7 Å². The molecule has 4 nitrogen and oxygen atoms in total. The van der Waals surface area contributed by atoms with Crippen molar-refractivity contribution in [1.29, 1.82) is 0 Å². The fourth-order valence-electron chi connectivity index (χ4n) is 4.62. The molecule has 28 heavy (non-hydrogen) atoms. The third-order valence-electron chi connectivity index (χ3n) is 6.43. The number of hydrogen-bond donors (Lipinski definition) is 0. The lowest BCUT2D eigenvalue weighted by molar-refractivity contribution is -0.133. The summed E-state index contributed by atoms with van der Waals surface area (Å²) in [6, 6.07) is 16.8. The third-order valence-corrected chi connectivity index (χ3v) is 6.43. The molecule has 1 atom stereocenters. The molecule has 0 bridgehead atoms. The van der Waals surface area contributed by atoms with Gasteiger partial charge in [-0.1, -0.05) is 36.4 Å². The molecule has 0 N–H and O–H groups in total. The number of nitrogens with zero attached hydrogens (tertiary/aromatic N) is 1. The van der Waals surface area contributed by atoms with Gasteiger partial charge >= 0.3 is 0 Å². The molecule has 146 valence electrons. The van der Waals surface area contributed by atoms with Crippen LogP contribution in [-0.2, 0) is 4.79 Å². The lowest BCUT2D eigenvalue weighted by atomic mass is 9.87. The molecule has 0 unspecified atom stereocenters. The molecule has 0 spiro atoms. The first-order valence-corrected chi connectivity index (χ1v) is 10.4. The normalized spacial score (nSPS) is 18.9. The number of ether oxygens (including phenoxy) is 2. The van der Waals surface area contributed by atoms with E-state index in [0.29, 0.717) is 12.5 Å². The van der Waals surface area contributed by atoms with E-state index in [2.05, 4.69) is 23.1 Å². The minimum absolute atomic E-state index is 0.0182. The molecule has 3 aliphatic rings. The van der Waals surface area contributed by atoms with Crippen molar-refractivity contribution in [2.45, 2.75) is 44.1 Å². The van der Waals surface area contributed by atoms with Crippen LogP contribution in [0.5, 0.6) is 11.5 Å². The van der Waals surface area contributed by atoms with E-state index in [0.717, 1.165) is 34.5 Å². The zero-order chi connectivity index (χ0) is 19.1. The van der Waals surface area contributed by atoms with Gasteiger partial charge in [0.05, 0.1) is 0 Å². The van der Waals surface area contributed by atoms with E-state index >= 15 is 0 Å². The topological polar surface area (TPSA) is 38.8 Å². The van der Waals surface area contributed by atoms with Gasteiger partial charge in [-0.3, -0.25) is 4.79 Å². The van der Waals surface area contributed by atoms with Crippen LogP contribution in [0, 0.1) is 11.8 Å². The third kappa shape index (κ3) is 3.48.